The molecule has 1 saturated carbocycles. The van der Waals surface area contributed by atoms with Gasteiger partial charge in [-0.1, -0.05) is 18.2 Å². The highest BCUT2D eigenvalue weighted by Gasteiger charge is 2.39. The van der Waals surface area contributed by atoms with Crippen LogP contribution in [0.15, 0.2) is 36.4 Å². The number of piperazine rings is 1. The summed E-state index contributed by atoms with van der Waals surface area (Å²) in [5.41, 5.74) is 0.415. The molecule has 0 bridgehead atoms. The topological polar surface area (TPSA) is 193 Å². The molecule has 3 aliphatic rings. The number of carboxylic acids is 1. The van der Waals surface area contributed by atoms with Gasteiger partial charge >= 0.3 is 12.1 Å². The van der Waals surface area contributed by atoms with E-state index in [1.807, 2.05) is 0 Å². The number of para-hydroxylation sites is 1. The smallest absolute Gasteiger partial charge is 0.409 e. The first kappa shape index (κ1) is 35.2. The van der Waals surface area contributed by atoms with Crippen LogP contribution in [-0.4, -0.2) is 129 Å². The third-order valence-corrected chi connectivity index (χ3v) is 8.69. The maximum absolute atomic E-state index is 13.6. The quantitative estimate of drug-likeness (QED) is 0.277. The number of hydrogen-bond acceptors (Lipinski definition) is 9. The average molecular weight is 682 g/mol. The van der Waals surface area contributed by atoms with Gasteiger partial charge in [-0.3, -0.25) is 24.0 Å². The van der Waals surface area contributed by atoms with E-state index >= 15 is 0 Å². The third-order valence-electron chi connectivity index (χ3n) is 8.69. The second kappa shape index (κ2) is 15.8. The zero-order valence-corrected chi connectivity index (χ0v) is 27.7. The lowest BCUT2D eigenvalue weighted by atomic mass is 10.1. The second-order valence-electron chi connectivity index (χ2n) is 12.3. The SMILES string of the molecule is CCOC(=O)N1CCN(C(=O)C(CCC(=O)O)NC(=O)c2cc(O[C@H](C)C(=O)N3CCCC3C(=O)NC3CC3)n(-c3ccccc3)n2)CC1. The summed E-state index contributed by atoms with van der Waals surface area (Å²) in [5.74, 6) is -2.82. The summed E-state index contributed by atoms with van der Waals surface area (Å²) >= 11 is 0. The van der Waals surface area contributed by atoms with Gasteiger partial charge in [0.2, 0.25) is 17.7 Å². The molecule has 5 rings (SSSR count). The lowest BCUT2D eigenvalue weighted by molar-refractivity contribution is -0.143. The van der Waals surface area contributed by atoms with Gasteiger partial charge in [0.15, 0.2) is 11.8 Å². The number of likely N-dealkylation sites (tertiary alicyclic amines) is 1. The first-order valence-electron chi connectivity index (χ1n) is 16.7. The van der Waals surface area contributed by atoms with E-state index in [1.54, 1.807) is 44.2 Å². The Morgan fingerprint density at radius 2 is 1.65 bits per heavy atom. The number of rotatable bonds is 13. The molecule has 2 aromatic rings. The van der Waals surface area contributed by atoms with Crippen LogP contribution in [0, 0.1) is 0 Å². The van der Waals surface area contributed by atoms with Gasteiger partial charge in [0.25, 0.3) is 11.8 Å². The third kappa shape index (κ3) is 8.86. The minimum Gasteiger partial charge on any atom is -0.481 e. The number of ether oxygens (including phenoxy) is 2. The molecule has 1 aliphatic carbocycles. The monoisotopic (exact) mass is 681 g/mol. The largest absolute Gasteiger partial charge is 0.481 e. The molecule has 2 aliphatic heterocycles. The predicted octanol–water partition coefficient (Wildman–Crippen LogP) is 1.17. The van der Waals surface area contributed by atoms with Gasteiger partial charge in [-0.05, 0) is 58.1 Å². The van der Waals surface area contributed by atoms with Crippen LogP contribution in [0.2, 0.25) is 0 Å². The van der Waals surface area contributed by atoms with Crippen LogP contribution < -0.4 is 15.4 Å². The van der Waals surface area contributed by atoms with Crippen LogP contribution in [0.25, 0.3) is 5.69 Å². The molecular weight excluding hydrogens is 638 g/mol. The van der Waals surface area contributed by atoms with E-state index in [4.69, 9.17) is 9.47 Å². The Morgan fingerprint density at radius 3 is 2.31 bits per heavy atom. The summed E-state index contributed by atoms with van der Waals surface area (Å²) in [6.45, 7) is 4.74. The van der Waals surface area contributed by atoms with E-state index in [9.17, 15) is 33.9 Å². The number of benzene rings is 1. The molecule has 3 fully saturated rings. The minimum absolute atomic E-state index is 0.0823. The molecule has 49 heavy (non-hydrogen) atoms. The molecule has 2 saturated heterocycles. The van der Waals surface area contributed by atoms with Gasteiger partial charge in [-0.15, -0.1) is 0 Å². The number of carbonyl (C=O) groups excluding carboxylic acids is 5. The zero-order valence-electron chi connectivity index (χ0n) is 27.7. The molecule has 0 radical (unpaired) electrons. The highest BCUT2D eigenvalue weighted by atomic mass is 16.6. The lowest BCUT2D eigenvalue weighted by Gasteiger charge is -2.35. The Labute approximate surface area is 283 Å². The van der Waals surface area contributed by atoms with E-state index in [2.05, 4.69) is 15.7 Å². The van der Waals surface area contributed by atoms with Crippen molar-refractivity contribution in [3.8, 4) is 11.6 Å². The number of nitrogens with zero attached hydrogens (tertiary/aromatic N) is 5. The van der Waals surface area contributed by atoms with Crippen molar-refractivity contribution < 1.29 is 43.3 Å². The number of carboxylic acid groups (broad SMARTS) is 1. The van der Waals surface area contributed by atoms with Gasteiger partial charge in [-0.2, -0.15) is 5.10 Å². The van der Waals surface area contributed by atoms with Crippen molar-refractivity contribution in [3.05, 3.63) is 42.1 Å². The Kier molecular flexibility index (Phi) is 11.4. The summed E-state index contributed by atoms with van der Waals surface area (Å²) in [6.07, 6.45) is 1.08. The number of hydrogen-bond donors (Lipinski definition) is 3. The van der Waals surface area contributed by atoms with Gasteiger partial charge in [0.1, 0.15) is 12.1 Å². The van der Waals surface area contributed by atoms with E-state index < -0.39 is 42.1 Å². The van der Waals surface area contributed by atoms with Crippen LogP contribution in [0.5, 0.6) is 5.88 Å². The van der Waals surface area contributed by atoms with Crippen LogP contribution in [0.1, 0.15) is 62.9 Å². The van der Waals surface area contributed by atoms with Gasteiger partial charge in [0, 0.05) is 51.3 Å². The molecule has 16 nitrogen and oxygen atoms in total. The molecular formula is C33H43N7O9. The zero-order chi connectivity index (χ0) is 35.1. The van der Waals surface area contributed by atoms with Crippen molar-refractivity contribution in [2.75, 3.05) is 39.3 Å². The first-order chi connectivity index (χ1) is 23.5. The molecule has 3 heterocycles. The van der Waals surface area contributed by atoms with Gasteiger partial charge < -0.3 is 39.9 Å². The number of amides is 5. The summed E-state index contributed by atoms with van der Waals surface area (Å²) in [7, 11) is 0. The fourth-order valence-corrected chi connectivity index (χ4v) is 5.91. The van der Waals surface area contributed by atoms with Crippen molar-refractivity contribution in [1.82, 2.24) is 35.1 Å². The van der Waals surface area contributed by atoms with Crippen LogP contribution in [-0.2, 0) is 23.9 Å². The highest BCUT2D eigenvalue weighted by molar-refractivity contribution is 5.96. The summed E-state index contributed by atoms with van der Waals surface area (Å²) < 4.78 is 12.5. The standard InChI is InChI=1S/C33H43N7O9/c1-3-48-33(47)38-18-16-37(17-19-38)32(46)24(13-14-28(41)42)35-29(43)25-20-27(40(36-25)23-8-5-4-6-9-23)49-21(2)31(45)39-15-7-10-26(39)30(44)34-22-11-12-22/h4-6,8-9,20-22,24,26H,3,7,10-19H2,1-2H3,(H,34,44)(H,35,43)(H,41,42)/t21-,24?,26?/m1/s1. The van der Waals surface area contributed by atoms with E-state index in [0.29, 0.717) is 25.1 Å². The van der Waals surface area contributed by atoms with Crippen LogP contribution in [0.4, 0.5) is 4.79 Å². The number of carbonyl (C=O) groups is 6. The molecule has 1 aromatic carbocycles. The van der Waals surface area contributed by atoms with Crippen molar-refractivity contribution >= 4 is 35.7 Å². The predicted molar refractivity (Wildman–Crippen MR) is 173 cm³/mol. The summed E-state index contributed by atoms with van der Waals surface area (Å²) in [4.78, 5) is 81.5. The summed E-state index contributed by atoms with van der Waals surface area (Å²) in [6, 6.07) is 8.58. The van der Waals surface area contributed by atoms with E-state index in [-0.39, 0.29) is 75.1 Å². The Balaban J connectivity index is 1.31. The van der Waals surface area contributed by atoms with E-state index in [1.165, 1.54) is 25.4 Å². The van der Waals surface area contributed by atoms with Crippen molar-refractivity contribution in [3.63, 3.8) is 0 Å². The van der Waals surface area contributed by atoms with Crippen LogP contribution in [0.3, 0.4) is 0 Å². The molecule has 3 atom stereocenters. The maximum Gasteiger partial charge on any atom is 0.409 e. The molecule has 16 heteroatoms. The van der Waals surface area contributed by atoms with Gasteiger partial charge in [0.05, 0.1) is 12.3 Å². The Hall–Kier alpha value is -5.15. The number of nitrogens with one attached hydrogen (secondary N) is 2. The molecule has 264 valence electrons. The number of aliphatic carboxylic acids is 1. The molecule has 5 amide bonds. The minimum atomic E-state index is -1.18. The van der Waals surface area contributed by atoms with Crippen LogP contribution >= 0.6 is 0 Å². The summed E-state index contributed by atoms with van der Waals surface area (Å²) in [5, 5.41) is 19.4. The fourth-order valence-electron chi connectivity index (χ4n) is 5.91. The Bertz CT molecular complexity index is 1540. The second-order valence-corrected chi connectivity index (χ2v) is 12.3. The Morgan fingerprint density at radius 1 is 0.959 bits per heavy atom. The fraction of sp³-hybridized carbons (Fsp3) is 0.545. The van der Waals surface area contributed by atoms with E-state index in [0.717, 1.165) is 12.8 Å². The maximum atomic E-state index is 13.6. The molecule has 3 N–H and O–H groups in total. The number of aromatic nitrogens is 2. The van der Waals surface area contributed by atoms with Gasteiger partial charge in [-0.25, -0.2) is 9.48 Å². The first-order valence-corrected chi connectivity index (χ1v) is 16.7. The molecule has 2 unspecified atom stereocenters. The van der Waals surface area contributed by atoms with Crippen molar-refractivity contribution in [2.24, 2.45) is 0 Å². The molecule has 0 spiro atoms. The lowest BCUT2D eigenvalue weighted by Crippen LogP contribution is -2.56. The average Bonchev–Trinajstić information content (AvgIpc) is 3.59. The highest BCUT2D eigenvalue weighted by Crippen LogP contribution is 2.25. The van der Waals surface area contributed by atoms with Crippen molar-refractivity contribution in [2.45, 2.75) is 76.6 Å². The van der Waals surface area contributed by atoms with Crippen molar-refractivity contribution in [1.29, 1.82) is 0 Å². The normalized spacial score (nSPS) is 18.7. The molecule has 1 aromatic heterocycles.